The molecule has 1 aromatic carbocycles. The Kier molecular flexibility index (Phi) is 5.46. The van der Waals surface area contributed by atoms with Crippen LogP contribution >= 0.6 is 0 Å². The standard InChI is InChI=1S/C18H26N2O4S/c1-25(22,23)18(7-9-19-10-8-18)17(21)20-16-4-2-3-15(11-16)13-24-12-14-5-6-14/h2-4,11,14,19H,5-10,12-13H2,1H3,(H,20,21). The van der Waals surface area contributed by atoms with E-state index < -0.39 is 20.5 Å². The van der Waals surface area contributed by atoms with E-state index in [-0.39, 0.29) is 0 Å². The summed E-state index contributed by atoms with van der Waals surface area (Å²) < 4.78 is 28.9. The Hall–Kier alpha value is -1.44. The molecular weight excluding hydrogens is 340 g/mol. The van der Waals surface area contributed by atoms with Crippen molar-refractivity contribution in [1.29, 1.82) is 0 Å². The van der Waals surface area contributed by atoms with Gasteiger partial charge in [-0.1, -0.05) is 12.1 Å². The van der Waals surface area contributed by atoms with Crippen molar-refractivity contribution in [2.75, 3.05) is 31.3 Å². The summed E-state index contributed by atoms with van der Waals surface area (Å²) in [7, 11) is -3.51. The molecule has 7 heteroatoms. The van der Waals surface area contributed by atoms with E-state index in [9.17, 15) is 13.2 Å². The summed E-state index contributed by atoms with van der Waals surface area (Å²) in [5.74, 6) is 0.268. The fourth-order valence-corrected chi connectivity index (χ4v) is 4.54. The predicted molar refractivity (Wildman–Crippen MR) is 97.1 cm³/mol. The second kappa shape index (κ2) is 7.43. The molecule has 1 aliphatic carbocycles. The van der Waals surface area contributed by atoms with Gasteiger partial charge < -0.3 is 15.4 Å². The van der Waals surface area contributed by atoms with Crippen LogP contribution in [-0.2, 0) is 26.0 Å². The third-order valence-corrected chi connectivity index (χ3v) is 7.05. The minimum absolute atomic E-state index is 0.294. The molecule has 25 heavy (non-hydrogen) atoms. The molecule has 1 aromatic rings. The third kappa shape index (κ3) is 4.40. The fraction of sp³-hybridized carbons (Fsp3) is 0.611. The maximum atomic E-state index is 12.8. The van der Waals surface area contributed by atoms with Gasteiger partial charge in [-0.05, 0) is 62.4 Å². The lowest BCUT2D eigenvalue weighted by molar-refractivity contribution is -0.119. The Morgan fingerprint density at radius 2 is 2.04 bits per heavy atom. The van der Waals surface area contributed by atoms with Crippen LogP contribution in [0.1, 0.15) is 31.2 Å². The number of anilines is 1. The van der Waals surface area contributed by atoms with Crippen LogP contribution in [0.3, 0.4) is 0 Å². The molecule has 1 aliphatic heterocycles. The van der Waals surface area contributed by atoms with Crippen LogP contribution in [0.5, 0.6) is 0 Å². The zero-order chi connectivity index (χ0) is 17.9. The smallest absolute Gasteiger partial charge is 0.245 e. The summed E-state index contributed by atoms with van der Waals surface area (Å²) in [6.07, 6.45) is 4.24. The lowest BCUT2D eigenvalue weighted by Gasteiger charge is -2.34. The zero-order valence-electron chi connectivity index (χ0n) is 14.6. The summed E-state index contributed by atoms with van der Waals surface area (Å²) >= 11 is 0. The second-order valence-corrected chi connectivity index (χ2v) is 9.46. The number of carbonyl (C=O) groups is 1. The van der Waals surface area contributed by atoms with E-state index in [4.69, 9.17) is 4.74 Å². The minimum Gasteiger partial charge on any atom is -0.376 e. The van der Waals surface area contributed by atoms with E-state index in [0.29, 0.717) is 44.1 Å². The number of ether oxygens (including phenoxy) is 1. The molecule has 2 fully saturated rings. The Balaban J connectivity index is 1.68. The topological polar surface area (TPSA) is 84.5 Å². The van der Waals surface area contributed by atoms with Crippen LogP contribution in [0.4, 0.5) is 5.69 Å². The number of benzene rings is 1. The van der Waals surface area contributed by atoms with Gasteiger partial charge in [0.25, 0.3) is 0 Å². The molecule has 1 saturated heterocycles. The van der Waals surface area contributed by atoms with Crippen molar-refractivity contribution in [3.05, 3.63) is 29.8 Å². The Labute approximate surface area is 149 Å². The number of carbonyl (C=O) groups excluding carboxylic acids is 1. The number of rotatable bonds is 7. The van der Waals surface area contributed by atoms with Crippen molar-refractivity contribution in [1.82, 2.24) is 5.32 Å². The second-order valence-electron chi connectivity index (χ2n) is 7.13. The predicted octanol–water partition coefficient (Wildman–Crippen LogP) is 1.72. The van der Waals surface area contributed by atoms with Crippen LogP contribution < -0.4 is 10.6 Å². The van der Waals surface area contributed by atoms with Gasteiger partial charge in [0.2, 0.25) is 5.91 Å². The first-order chi connectivity index (χ1) is 11.9. The normalized spacial score (nSPS) is 20.2. The van der Waals surface area contributed by atoms with Gasteiger partial charge in [0.05, 0.1) is 6.61 Å². The van der Waals surface area contributed by atoms with Gasteiger partial charge in [0, 0.05) is 18.6 Å². The van der Waals surface area contributed by atoms with Crippen LogP contribution in [-0.4, -0.2) is 45.0 Å². The number of piperidine rings is 1. The maximum absolute atomic E-state index is 12.8. The van der Waals surface area contributed by atoms with Crippen molar-refractivity contribution in [3.8, 4) is 0 Å². The molecule has 1 amide bonds. The lowest BCUT2D eigenvalue weighted by atomic mass is 9.95. The lowest BCUT2D eigenvalue weighted by Crippen LogP contribution is -2.55. The summed E-state index contributed by atoms with van der Waals surface area (Å²) in [6, 6.07) is 7.42. The Morgan fingerprint density at radius 1 is 1.32 bits per heavy atom. The molecule has 0 unspecified atom stereocenters. The maximum Gasteiger partial charge on any atom is 0.245 e. The van der Waals surface area contributed by atoms with Crippen LogP contribution in [0.15, 0.2) is 24.3 Å². The summed E-state index contributed by atoms with van der Waals surface area (Å²) in [6.45, 7) is 2.33. The van der Waals surface area contributed by atoms with Crippen molar-refractivity contribution in [2.45, 2.75) is 37.0 Å². The molecule has 6 nitrogen and oxygen atoms in total. The van der Waals surface area contributed by atoms with Gasteiger partial charge in [0.15, 0.2) is 14.6 Å². The molecule has 0 radical (unpaired) electrons. The zero-order valence-corrected chi connectivity index (χ0v) is 15.4. The van der Waals surface area contributed by atoms with Gasteiger partial charge in [-0.25, -0.2) is 8.42 Å². The highest BCUT2D eigenvalue weighted by Crippen LogP contribution is 2.30. The molecule has 0 atom stereocenters. The Bertz CT molecular complexity index is 722. The SMILES string of the molecule is CS(=O)(=O)C1(C(=O)Nc2cccc(COCC3CC3)c2)CCNCC1. The van der Waals surface area contributed by atoms with Crippen molar-refractivity contribution in [3.63, 3.8) is 0 Å². The van der Waals surface area contributed by atoms with Gasteiger partial charge >= 0.3 is 0 Å². The molecular formula is C18H26N2O4S. The fourth-order valence-electron chi connectivity index (χ4n) is 3.21. The van der Waals surface area contributed by atoms with E-state index in [2.05, 4.69) is 10.6 Å². The van der Waals surface area contributed by atoms with Crippen molar-refractivity contribution in [2.24, 2.45) is 5.92 Å². The number of sulfone groups is 1. The van der Waals surface area contributed by atoms with Gasteiger partial charge in [-0.2, -0.15) is 0 Å². The van der Waals surface area contributed by atoms with Gasteiger partial charge in [-0.3, -0.25) is 4.79 Å². The van der Waals surface area contributed by atoms with Gasteiger partial charge in [-0.15, -0.1) is 0 Å². The highest BCUT2D eigenvalue weighted by molar-refractivity contribution is 7.92. The van der Waals surface area contributed by atoms with Crippen LogP contribution in [0.2, 0.25) is 0 Å². The highest BCUT2D eigenvalue weighted by atomic mass is 32.2. The number of nitrogens with one attached hydrogen (secondary N) is 2. The average molecular weight is 366 g/mol. The van der Waals surface area contributed by atoms with E-state index >= 15 is 0 Å². The number of amides is 1. The molecule has 1 saturated carbocycles. The highest BCUT2D eigenvalue weighted by Gasteiger charge is 2.48. The monoisotopic (exact) mass is 366 g/mol. The van der Waals surface area contributed by atoms with E-state index in [1.54, 1.807) is 6.07 Å². The number of hydrogen-bond acceptors (Lipinski definition) is 5. The molecule has 2 aliphatic rings. The molecule has 1 heterocycles. The largest absolute Gasteiger partial charge is 0.376 e. The van der Waals surface area contributed by atoms with E-state index in [1.807, 2.05) is 18.2 Å². The third-order valence-electron chi connectivity index (χ3n) is 5.04. The summed E-state index contributed by atoms with van der Waals surface area (Å²) in [5, 5.41) is 5.93. The van der Waals surface area contributed by atoms with E-state index in [1.165, 1.54) is 12.8 Å². The minimum atomic E-state index is -3.51. The van der Waals surface area contributed by atoms with Crippen molar-refractivity contribution >= 4 is 21.4 Å². The molecule has 3 rings (SSSR count). The first-order valence-electron chi connectivity index (χ1n) is 8.79. The quantitative estimate of drug-likeness (QED) is 0.768. The first-order valence-corrected chi connectivity index (χ1v) is 10.7. The van der Waals surface area contributed by atoms with Crippen molar-refractivity contribution < 1.29 is 17.9 Å². The van der Waals surface area contributed by atoms with Crippen LogP contribution in [0, 0.1) is 5.92 Å². The molecule has 0 spiro atoms. The van der Waals surface area contributed by atoms with E-state index in [0.717, 1.165) is 18.4 Å². The van der Waals surface area contributed by atoms with Gasteiger partial charge in [0.1, 0.15) is 0 Å². The Morgan fingerprint density at radius 3 is 2.68 bits per heavy atom. The van der Waals surface area contributed by atoms with Crippen LogP contribution in [0.25, 0.3) is 0 Å². The number of hydrogen-bond donors (Lipinski definition) is 2. The summed E-state index contributed by atoms with van der Waals surface area (Å²) in [5.41, 5.74) is 1.58. The summed E-state index contributed by atoms with van der Waals surface area (Å²) in [4.78, 5) is 12.8. The first kappa shape index (κ1) is 18.4. The molecule has 138 valence electrons. The molecule has 0 aromatic heterocycles. The average Bonchev–Trinajstić information content (AvgIpc) is 3.39. The molecule has 0 bridgehead atoms. The molecule has 2 N–H and O–H groups in total.